The average molecular weight is 315 g/mol. The molecule has 4 heteroatoms. The molecule has 0 radical (unpaired) electrons. The van der Waals surface area contributed by atoms with Gasteiger partial charge < -0.3 is 14.4 Å². The maximum Gasteiger partial charge on any atom is 0.226 e. The predicted octanol–water partition coefficient (Wildman–Crippen LogP) is 3.02. The summed E-state index contributed by atoms with van der Waals surface area (Å²) in [6.45, 7) is 1.54. The summed E-state index contributed by atoms with van der Waals surface area (Å²) >= 11 is 0. The van der Waals surface area contributed by atoms with Crippen molar-refractivity contribution in [1.29, 1.82) is 0 Å². The minimum absolute atomic E-state index is 0.319. The fourth-order valence-electron chi connectivity index (χ4n) is 4.64. The van der Waals surface area contributed by atoms with E-state index in [9.17, 15) is 4.79 Å². The van der Waals surface area contributed by atoms with Crippen molar-refractivity contribution in [3.05, 3.63) is 23.3 Å². The van der Waals surface area contributed by atoms with Crippen LogP contribution in [0.4, 0.5) is 0 Å². The van der Waals surface area contributed by atoms with Crippen molar-refractivity contribution in [1.82, 2.24) is 4.90 Å². The minimum Gasteiger partial charge on any atom is -0.493 e. The molecule has 23 heavy (non-hydrogen) atoms. The normalized spacial score (nSPS) is 28.6. The Balaban J connectivity index is 1.51. The van der Waals surface area contributed by atoms with Gasteiger partial charge in [-0.1, -0.05) is 12.8 Å². The molecule has 4 rings (SSSR count). The van der Waals surface area contributed by atoms with Gasteiger partial charge in [-0.2, -0.15) is 0 Å². The second-order valence-corrected chi connectivity index (χ2v) is 7.12. The molecule has 4 nitrogen and oxygen atoms in total. The number of hydrogen-bond acceptors (Lipinski definition) is 3. The van der Waals surface area contributed by atoms with Crippen molar-refractivity contribution in [3.8, 4) is 11.5 Å². The van der Waals surface area contributed by atoms with Crippen LogP contribution in [0.15, 0.2) is 12.1 Å². The number of amides is 1. The Morgan fingerprint density at radius 3 is 2.26 bits per heavy atom. The van der Waals surface area contributed by atoms with Crippen molar-refractivity contribution < 1.29 is 14.3 Å². The van der Waals surface area contributed by atoms with Crippen LogP contribution in [-0.4, -0.2) is 31.6 Å². The SMILES string of the molecule is COc1cc2c(cc1OC)CN(C(=O)C1[C@@H]3CCCC[C@@H]13)CC2. The lowest BCUT2D eigenvalue weighted by Crippen LogP contribution is -2.37. The molecular weight excluding hydrogens is 290 g/mol. The first-order valence-corrected chi connectivity index (χ1v) is 8.75. The van der Waals surface area contributed by atoms with Gasteiger partial charge in [0.05, 0.1) is 14.2 Å². The Hall–Kier alpha value is -1.71. The fraction of sp³-hybridized carbons (Fsp3) is 0.632. The van der Waals surface area contributed by atoms with Crippen LogP contribution < -0.4 is 9.47 Å². The highest BCUT2D eigenvalue weighted by atomic mass is 16.5. The van der Waals surface area contributed by atoms with Gasteiger partial charge in [0.2, 0.25) is 5.91 Å². The summed E-state index contributed by atoms with van der Waals surface area (Å²) in [5.74, 6) is 3.60. The van der Waals surface area contributed by atoms with Crippen molar-refractivity contribution in [3.63, 3.8) is 0 Å². The van der Waals surface area contributed by atoms with Crippen LogP contribution in [0.3, 0.4) is 0 Å². The molecular formula is C19H25NO3. The number of ether oxygens (including phenoxy) is 2. The van der Waals surface area contributed by atoms with E-state index >= 15 is 0 Å². The molecule has 2 fully saturated rings. The summed E-state index contributed by atoms with van der Waals surface area (Å²) < 4.78 is 10.8. The highest BCUT2D eigenvalue weighted by molar-refractivity contribution is 5.82. The molecule has 2 atom stereocenters. The van der Waals surface area contributed by atoms with Gasteiger partial charge in [-0.3, -0.25) is 4.79 Å². The van der Waals surface area contributed by atoms with Gasteiger partial charge in [0, 0.05) is 19.0 Å². The van der Waals surface area contributed by atoms with E-state index in [1.54, 1.807) is 14.2 Å². The molecule has 2 aliphatic carbocycles. The molecule has 1 aliphatic heterocycles. The van der Waals surface area contributed by atoms with Crippen LogP contribution in [0.1, 0.15) is 36.8 Å². The van der Waals surface area contributed by atoms with Crippen LogP contribution in [0.5, 0.6) is 11.5 Å². The number of carbonyl (C=O) groups excluding carboxylic acids is 1. The van der Waals surface area contributed by atoms with Crippen molar-refractivity contribution in [2.75, 3.05) is 20.8 Å². The van der Waals surface area contributed by atoms with Crippen LogP contribution in [0, 0.1) is 17.8 Å². The number of hydrogen-bond donors (Lipinski definition) is 0. The number of nitrogens with zero attached hydrogens (tertiary/aromatic N) is 1. The Morgan fingerprint density at radius 2 is 1.65 bits per heavy atom. The van der Waals surface area contributed by atoms with E-state index in [0.29, 0.717) is 30.2 Å². The third-order valence-corrected chi connectivity index (χ3v) is 5.97. The first-order chi connectivity index (χ1) is 11.2. The van der Waals surface area contributed by atoms with Gasteiger partial charge in [0.25, 0.3) is 0 Å². The number of methoxy groups -OCH3 is 2. The molecule has 0 unspecified atom stereocenters. The van der Waals surface area contributed by atoms with Gasteiger partial charge in [-0.25, -0.2) is 0 Å². The highest BCUT2D eigenvalue weighted by Crippen LogP contribution is 2.56. The third-order valence-electron chi connectivity index (χ3n) is 5.97. The molecule has 0 spiro atoms. The molecule has 1 aromatic carbocycles. The monoisotopic (exact) mass is 315 g/mol. The first kappa shape index (κ1) is 14.9. The second-order valence-electron chi connectivity index (χ2n) is 7.12. The van der Waals surface area contributed by atoms with E-state index in [2.05, 4.69) is 11.0 Å². The van der Waals surface area contributed by atoms with Crippen LogP contribution in [0.2, 0.25) is 0 Å². The predicted molar refractivity (Wildman–Crippen MR) is 87.6 cm³/mol. The zero-order chi connectivity index (χ0) is 16.0. The van der Waals surface area contributed by atoms with Gasteiger partial charge in [0.15, 0.2) is 11.5 Å². The topological polar surface area (TPSA) is 38.8 Å². The Kier molecular flexibility index (Phi) is 3.70. The lowest BCUT2D eigenvalue weighted by molar-refractivity contribution is -0.134. The summed E-state index contributed by atoms with van der Waals surface area (Å²) in [7, 11) is 3.32. The van der Waals surface area contributed by atoms with Crippen LogP contribution >= 0.6 is 0 Å². The molecule has 1 amide bonds. The van der Waals surface area contributed by atoms with E-state index in [0.717, 1.165) is 24.5 Å². The lowest BCUT2D eigenvalue weighted by atomic mass is 9.98. The maximum absolute atomic E-state index is 12.9. The third kappa shape index (κ3) is 2.48. The summed E-state index contributed by atoms with van der Waals surface area (Å²) in [5, 5.41) is 0. The summed E-state index contributed by atoms with van der Waals surface area (Å²) in [6, 6.07) is 4.10. The number of fused-ring (bicyclic) bond motifs is 2. The maximum atomic E-state index is 12.9. The smallest absolute Gasteiger partial charge is 0.226 e. The molecule has 2 saturated carbocycles. The summed E-state index contributed by atoms with van der Waals surface area (Å²) in [5.41, 5.74) is 2.48. The zero-order valence-corrected chi connectivity index (χ0v) is 14.0. The number of benzene rings is 1. The Morgan fingerprint density at radius 1 is 1.04 bits per heavy atom. The molecule has 124 valence electrons. The fourth-order valence-corrected chi connectivity index (χ4v) is 4.64. The molecule has 1 aromatic rings. The quantitative estimate of drug-likeness (QED) is 0.860. The number of rotatable bonds is 3. The van der Waals surface area contributed by atoms with Crippen molar-refractivity contribution >= 4 is 5.91 Å². The zero-order valence-electron chi connectivity index (χ0n) is 14.0. The van der Waals surface area contributed by atoms with E-state index in [-0.39, 0.29) is 0 Å². The van der Waals surface area contributed by atoms with Crippen LogP contribution in [0.25, 0.3) is 0 Å². The minimum atomic E-state index is 0.319. The van der Waals surface area contributed by atoms with E-state index in [1.165, 1.54) is 36.8 Å². The van der Waals surface area contributed by atoms with Crippen molar-refractivity contribution in [2.45, 2.75) is 38.6 Å². The van der Waals surface area contributed by atoms with E-state index < -0.39 is 0 Å². The molecule has 0 N–H and O–H groups in total. The summed E-state index contributed by atoms with van der Waals surface area (Å²) in [6.07, 6.45) is 6.05. The van der Waals surface area contributed by atoms with E-state index in [1.807, 2.05) is 6.07 Å². The van der Waals surface area contributed by atoms with Crippen molar-refractivity contribution in [2.24, 2.45) is 17.8 Å². The summed E-state index contributed by atoms with van der Waals surface area (Å²) in [4.78, 5) is 15.0. The first-order valence-electron chi connectivity index (χ1n) is 8.75. The molecule has 3 aliphatic rings. The highest BCUT2D eigenvalue weighted by Gasteiger charge is 2.55. The average Bonchev–Trinajstić information content (AvgIpc) is 3.33. The van der Waals surface area contributed by atoms with E-state index in [4.69, 9.17) is 9.47 Å². The number of carbonyl (C=O) groups is 1. The Bertz CT molecular complexity index is 615. The van der Waals surface area contributed by atoms with Gasteiger partial charge >= 0.3 is 0 Å². The molecule has 0 bridgehead atoms. The van der Waals surface area contributed by atoms with Gasteiger partial charge in [-0.15, -0.1) is 0 Å². The van der Waals surface area contributed by atoms with Gasteiger partial charge in [0.1, 0.15) is 0 Å². The molecule has 0 saturated heterocycles. The lowest BCUT2D eigenvalue weighted by Gasteiger charge is -2.30. The molecule has 1 heterocycles. The van der Waals surface area contributed by atoms with Gasteiger partial charge in [-0.05, 0) is 54.4 Å². The second kappa shape index (κ2) is 5.73. The molecule has 0 aromatic heterocycles. The standard InChI is InChI=1S/C19H25NO3/c1-22-16-9-12-7-8-20(11-13(12)10-17(16)23-2)19(21)18-14-5-3-4-6-15(14)18/h9-10,14-15,18H,3-8,11H2,1-2H3/t14-,15-/m1/s1. The largest absolute Gasteiger partial charge is 0.493 e. The Labute approximate surface area is 137 Å². The van der Waals surface area contributed by atoms with Crippen LogP contribution in [-0.2, 0) is 17.8 Å².